The third-order valence-corrected chi connectivity index (χ3v) is 4.40. The number of hydrogen-bond acceptors (Lipinski definition) is 3. The van der Waals surface area contributed by atoms with Crippen LogP contribution in [-0.4, -0.2) is 24.4 Å². The van der Waals surface area contributed by atoms with Crippen LogP contribution in [0.15, 0.2) is 48.5 Å². The third kappa shape index (κ3) is 3.75. The molecule has 2 aromatic carbocycles. The van der Waals surface area contributed by atoms with Crippen LogP contribution >= 0.6 is 0 Å². The first-order valence-corrected chi connectivity index (χ1v) is 8.19. The molecule has 24 heavy (non-hydrogen) atoms. The van der Waals surface area contributed by atoms with E-state index < -0.39 is 0 Å². The van der Waals surface area contributed by atoms with Crippen molar-refractivity contribution in [1.29, 1.82) is 5.26 Å². The lowest BCUT2D eigenvalue weighted by molar-refractivity contribution is 0.0745. The highest BCUT2D eigenvalue weighted by Gasteiger charge is 2.22. The van der Waals surface area contributed by atoms with Gasteiger partial charge in [-0.3, -0.25) is 4.79 Å². The molecule has 1 fully saturated rings. The van der Waals surface area contributed by atoms with Gasteiger partial charge >= 0.3 is 0 Å². The maximum absolute atomic E-state index is 12.5. The minimum Gasteiger partial charge on any atom is -0.457 e. The molecule has 1 saturated carbocycles. The van der Waals surface area contributed by atoms with Crippen LogP contribution in [0.25, 0.3) is 0 Å². The van der Waals surface area contributed by atoms with Crippen LogP contribution in [0.5, 0.6) is 11.5 Å². The fourth-order valence-corrected chi connectivity index (χ4v) is 2.79. The van der Waals surface area contributed by atoms with Crippen molar-refractivity contribution in [3.8, 4) is 17.6 Å². The smallest absolute Gasteiger partial charge is 0.253 e. The van der Waals surface area contributed by atoms with Crippen LogP contribution in [0.4, 0.5) is 0 Å². The molecule has 0 saturated heterocycles. The topological polar surface area (TPSA) is 53.3 Å². The molecule has 122 valence electrons. The van der Waals surface area contributed by atoms with E-state index in [4.69, 9.17) is 10.00 Å². The number of rotatable bonds is 5. The van der Waals surface area contributed by atoms with Crippen LogP contribution in [0.1, 0.15) is 35.2 Å². The molecule has 0 spiro atoms. The van der Waals surface area contributed by atoms with E-state index in [2.05, 4.69) is 6.07 Å². The second-order valence-corrected chi connectivity index (χ2v) is 6.25. The molecule has 0 aliphatic heterocycles. The number of carbonyl (C=O) groups is 1. The average molecular weight is 320 g/mol. The fourth-order valence-electron chi connectivity index (χ4n) is 2.79. The molecule has 0 aromatic heterocycles. The van der Waals surface area contributed by atoms with Crippen molar-refractivity contribution in [2.75, 3.05) is 13.6 Å². The van der Waals surface area contributed by atoms with Crippen molar-refractivity contribution < 1.29 is 9.53 Å². The Morgan fingerprint density at radius 1 is 1.21 bits per heavy atom. The van der Waals surface area contributed by atoms with E-state index in [9.17, 15) is 4.79 Å². The van der Waals surface area contributed by atoms with Gasteiger partial charge in [0, 0.05) is 19.2 Å². The minimum absolute atomic E-state index is 0.0205. The molecular weight excluding hydrogens is 300 g/mol. The molecule has 0 heterocycles. The molecule has 0 N–H and O–H groups in total. The average Bonchev–Trinajstić information content (AvgIpc) is 2.58. The summed E-state index contributed by atoms with van der Waals surface area (Å²) in [6.45, 7) is 0.819. The number of amides is 1. The van der Waals surface area contributed by atoms with E-state index in [1.807, 2.05) is 25.2 Å². The van der Waals surface area contributed by atoms with Crippen molar-refractivity contribution in [2.24, 2.45) is 5.92 Å². The zero-order valence-electron chi connectivity index (χ0n) is 13.7. The maximum Gasteiger partial charge on any atom is 0.253 e. The summed E-state index contributed by atoms with van der Waals surface area (Å²) in [6, 6.07) is 16.2. The first kappa shape index (κ1) is 16.1. The number of nitrogens with zero attached hydrogens (tertiary/aromatic N) is 2. The Kier molecular flexibility index (Phi) is 4.81. The Morgan fingerprint density at radius 2 is 1.96 bits per heavy atom. The fraction of sp³-hybridized carbons (Fsp3) is 0.300. The van der Waals surface area contributed by atoms with Gasteiger partial charge in [-0.25, -0.2) is 0 Å². The Bertz CT molecular complexity index is 758. The molecule has 0 unspecified atom stereocenters. The molecule has 0 bridgehead atoms. The van der Waals surface area contributed by atoms with Gasteiger partial charge in [0.05, 0.1) is 11.6 Å². The second kappa shape index (κ2) is 7.18. The largest absolute Gasteiger partial charge is 0.457 e. The van der Waals surface area contributed by atoms with Crippen LogP contribution in [0.3, 0.4) is 0 Å². The summed E-state index contributed by atoms with van der Waals surface area (Å²) in [4.78, 5) is 14.3. The highest BCUT2D eigenvalue weighted by molar-refractivity contribution is 5.94. The van der Waals surface area contributed by atoms with Crippen molar-refractivity contribution in [3.63, 3.8) is 0 Å². The molecule has 0 atom stereocenters. The summed E-state index contributed by atoms with van der Waals surface area (Å²) in [5, 5.41) is 8.82. The van der Waals surface area contributed by atoms with E-state index in [0.29, 0.717) is 28.5 Å². The molecule has 1 aliphatic carbocycles. The van der Waals surface area contributed by atoms with Gasteiger partial charge in [0.25, 0.3) is 5.91 Å². The van der Waals surface area contributed by atoms with E-state index in [1.165, 1.54) is 19.3 Å². The molecule has 4 heteroatoms. The lowest BCUT2D eigenvalue weighted by Crippen LogP contribution is -2.34. The summed E-state index contributed by atoms with van der Waals surface area (Å²) in [7, 11) is 1.86. The molecule has 3 rings (SSSR count). The SMILES string of the molecule is CN(CC1CCC1)C(=O)c1cccc(Oc2ccc(C#N)cc2)c1. The zero-order valence-corrected chi connectivity index (χ0v) is 13.7. The number of nitriles is 1. The predicted molar refractivity (Wildman–Crippen MR) is 92.0 cm³/mol. The van der Waals surface area contributed by atoms with Crippen molar-refractivity contribution >= 4 is 5.91 Å². The van der Waals surface area contributed by atoms with Gasteiger partial charge in [0.2, 0.25) is 0 Å². The summed E-state index contributed by atoms with van der Waals surface area (Å²) in [5.41, 5.74) is 1.21. The number of benzene rings is 2. The second-order valence-electron chi connectivity index (χ2n) is 6.25. The van der Waals surface area contributed by atoms with Crippen LogP contribution in [-0.2, 0) is 0 Å². The Hall–Kier alpha value is -2.80. The lowest BCUT2D eigenvalue weighted by atomic mass is 9.85. The summed E-state index contributed by atoms with van der Waals surface area (Å²) >= 11 is 0. The zero-order chi connectivity index (χ0) is 16.9. The van der Waals surface area contributed by atoms with Gasteiger partial charge in [-0.1, -0.05) is 12.5 Å². The van der Waals surface area contributed by atoms with Gasteiger partial charge in [-0.2, -0.15) is 5.26 Å². The maximum atomic E-state index is 12.5. The quantitative estimate of drug-likeness (QED) is 0.828. The molecule has 0 radical (unpaired) electrons. The third-order valence-electron chi connectivity index (χ3n) is 4.40. The van der Waals surface area contributed by atoms with Crippen LogP contribution < -0.4 is 4.74 Å². The van der Waals surface area contributed by atoms with Crippen molar-refractivity contribution in [2.45, 2.75) is 19.3 Å². The van der Waals surface area contributed by atoms with Crippen molar-refractivity contribution in [3.05, 3.63) is 59.7 Å². The van der Waals surface area contributed by atoms with Crippen LogP contribution in [0, 0.1) is 17.2 Å². The molecule has 1 amide bonds. The standard InChI is InChI=1S/C20H20N2O2/c1-22(14-16-4-2-5-16)20(23)17-6-3-7-19(12-17)24-18-10-8-15(13-21)9-11-18/h3,6-12,16H,2,4-5,14H2,1H3. The lowest BCUT2D eigenvalue weighted by Gasteiger charge is -2.30. The predicted octanol–water partition coefficient (Wildman–Crippen LogP) is 4.22. The first-order chi connectivity index (χ1) is 11.7. The highest BCUT2D eigenvalue weighted by Crippen LogP contribution is 2.27. The minimum atomic E-state index is 0.0205. The van der Waals surface area contributed by atoms with E-state index in [-0.39, 0.29) is 5.91 Å². The van der Waals surface area contributed by atoms with Gasteiger partial charge in [-0.05, 0) is 61.2 Å². The number of ether oxygens (including phenoxy) is 1. The summed E-state index contributed by atoms with van der Waals surface area (Å²) in [6.07, 6.45) is 3.72. The molecule has 2 aromatic rings. The molecule has 1 aliphatic rings. The van der Waals surface area contributed by atoms with Gasteiger partial charge in [-0.15, -0.1) is 0 Å². The Balaban J connectivity index is 1.68. The molecule has 4 nitrogen and oxygen atoms in total. The van der Waals surface area contributed by atoms with Gasteiger partial charge in [0.1, 0.15) is 11.5 Å². The van der Waals surface area contributed by atoms with Crippen molar-refractivity contribution in [1.82, 2.24) is 4.90 Å². The number of hydrogen-bond donors (Lipinski definition) is 0. The number of carbonyl (C=O) groups excluding carboxylic acids is 1. The van der Waals surface area contributed by atoms with Gasteiger partial charge in [0.15, 0.2) is 0 Å². The normalized spacial score (nSPS) is 13.7. The van der Waals surface area contributed by atoms with Gasteiger partial charge < -0.3 is 9.64 Å². The van der Waals surface area contributed by atoms with E-state index in [1.54, 1.807) is 35.2 Å². The first-order valence-electron chi connectivity index (χ1n) is 8.19. The monoisotopic (exact) mass is 320 g/mol. The summed E-state index contributed by atoms with van der Waals surface area (Å²) < 4.78 is 5.78. The Labute approximate surface area is 142 Å². The van der Waals surface area contributed by atoms with E-state index >= 15 is 0 Å². The summed E-state index contributed by atoms with van der Waals surface area (Å²) in [5.74, 6) is 1.92. The molecular formula is C20H20N2O2. The Morgan fingerprint density at radius 3 is 2.58 bits per heavy atom. The highest BCUT2D eigenvalue weighted by atomic mass is 16.5. The van der Waals surface area contributed by atoms with Crippen LogP contribution in [0.2, 0.25) is 0 Å². The van der Waals surface area contributed by atoms with E-state index in [0.717, 1.165) is 6.54 Å².